The molecule has 0 bridgehead atoms. The molecule has 0 aliphatic carbocycles. The molecule has 2 rings (SSSR count). The Morgan fingerprint density at radius 2 is 1.85 bits per heavy atom. The third-order valence-corrected chi connectivity index (χ3v) is 6.88. The minimum Gasteiger partial charge on any atom is -0.480 e. The monoisotopic (exact) mass is 395 g/mol. The number of carboxylic acid groups (broad SMARTS) is 1. The molecule has 6 nitrogen and oxygen atoms in total. The topological polar surface area (TPSA) is 93.4 Å². The van der Waals surface area contributed by atoms with Crippen LogP contribution in [0.2, 0.25) is 0 Å². The number of rotatable bonds is 7. The van der Waals surface area contributed by atoms with E-state index in [9.17, 15) is 27.5 Å². The van der Waals surface area contributed by atoms with Gasteiger partial charge in [0.25, 0.3) is 5.56 Å². The van der Waals surface area contributed by atoms with Gasteiger partial charge >= 0.3 is 5.97 Å². The van der Waals surface area contributed by atoms with Crippen LogP contribution in [0.1, 0.15) is 32.7 Å². The zero-order valence-electron chi connectivity index (χ0n) is 15.3. The highest BCUT2D eigenvalue weighted by Crippen LogP contribution is 2.30. The van der Waals surface area contributed by atoms with Crippen LogP contribution in [0, 0.1) is 5.82 Å². The molecule has 2 atom stereocenters. The fraction of sp³-hybridized carbons (Fsp3) is 0.368. The number of hydrogen-bond donors (Lipinski definition) is 1. The SMILES string of the molecule is CCC(C[C@](C)(C(=O)O)S(C)(=O)=O)n1ccc(-c2ccccc2)c(F)c1=O. The summed E-state index contributed by atoms with van der Waals surface area (Å²) in [5, 5.41) is 9.44. The number of carbonyl (C=O) groups is 1. The molecule has 0 radical (unpaired) electrons. The Labute approximate surface area is 157 Å². The number of sulfone groups is 1. The van der Waals surface area contributed by atoms with Crippen molar-refractivity contribution in [2.24, 2.45) is 0 Å². The Bertz CT molecular complexity index is 1000. The molecule has 2 aromatic rings. The van der Waals surface area contributed by atoms with Gasteiger partial charge in [-0.05, 0) is 31.4 Å². The number of aromatic nitrogens is 1. The van der Waals surface area contributed by atoms with Crippen molar-refractivity contribution in [3.05, 3.63) is 58.8 Å². The van der Waals surface area contributed by atoms with Crippen LogP contribution >= 0.6 is 0 Å². The normalized spacial score (nSPS) is 15.1. The fourth-order valence-electron chi connectivity index (χ4n) is 2.94. The van der Waals surface area contributed by atoms with E-state index in [2.05, 4.69) is 0 Å². The van der Waals surface area contributed by atoms with Gasteiger partial charge in [0, 0.05) is 24.1 Å². The first-order valence-corrected chi connectivity index (χ1v) is 10.3. The van der Waals surface area contributed by atoms with Crippen LogP contribution in [-0.4, -0.2) is 35.1 Å². The van der Waals surface area contributed by atoms with Crippen molar-refractivity contribution < 1.29 is 22.7 Å². The van der Waals surface area contributed by atoms with E-state index in [4.69, 9.17) is 0 Å². The van der Waals surface area contributed by atoms with E-state index >= 15 is 0 Å². The van der Waals surface area contributed by atoms with Crippen LogP contribution in [0.3, 0.4) is 0 Å². The van der Waals surface area contributed by atoms with Gasteiger partial charge in [0.15, 0.2) is 20.4 Å². The average Bonchev–Trinajstić information content (AvgIpc) is 2.61. The summed E-state index contributed by atoms with van der Waals surface area (Å²) in [4.78, 5) is 24.2. The Morgan fingerprint density at radius 1 is 1.26 bits per heavy atom. The summed E-state index contributed by atoms with van der Waals surface area (Å²) in [6, 6.07) is 9.21. The zero-order valence-corrected chi connectivity index (χ0v) is 16.2. The van der Waals surface area contributed by atoms with Crippen LogP contribution < -0.4 is 5.56 Å². The first kappa shape index (κ1) is 20.8. The van der Waals surface area contributed by atoms with Crippen LogP contribution in [-0.2, 0) is 14.6 Å². The van der Waals surface area contributed by atoms with Crippen molar-refractivity contribution in [3.63, 3.8) is 0 Å². The van der Waals surface area contributed by atoms with Gasteiger partial charge in [0.05, 0.1) is 0 Å². The summed E-state index contributed by atoms with van der Waals surface area (Å²) in [5.74, 6) is -2.46. The molecule has 27 heavy (non-hydrogen) atoms. The number of nitrogens with zero attached hydrogens (tertiary/aromatic N) is 1. The van der Waals surface area contributed by atoms with E-state index in [1.54, 1.807) is 37.3 Å². The number of benzene rings is 1. The maximum absolute atomic E-state index is 14.7. The van der Waals surface area contributed by atoms with Crippen LogP contribution in [0.25, 0.3) is 11.1 Å². The van der Waals surface area contributed by atoms with Crippen molar-refractivity contribution >= 4 is 15.8 Å². The van der Waals surface area contributed by atoms with Crippen molar-refractivity contribution in [1.29, 1.82) is 0 Å². The van der Waals surface area contributed by atoms with E-state index < -0.39 is 38.0 Å². The molecular formula is C19H22FNO5S. The maximum atomic E-state index is 14.7. The Balaban J connectivity index is 2.51. The van der Waals surface area contributed by atoms with Gasteiger partial charge in [0.2, 0.25) is 0 Å². The molecule has 1 heterocycles. The Hall–Kier alpha value is -2.48. The minimum atomic E-state index is -3.96. The summed E-state index contributed by atoms with van der Waals surface area (Å²) in [6.45, 7) is 2.79. The highest BCUT2D eigenvalue weighted by Gasteiger charge is 2.45. The number of pyridine rings is 1. The predicted molar refractivity (Wildman–Crippen MR) is 101 cm³/mol. The molecule has 0 amide bonds. The highest BCUT2D eigenvalue weighted by molar-refractivity contribution is 7.92. The lowest BCUT2D eigenvalue weighted by Crippen LogP contribution is -2.45. The molecule has 8 heteroatoms. The van der Waals surface area contributed by atoms with Crippen LogP contribution in [0.4, 0.5) is 4.39 Å². The molecule has 0 spiro atoms. The molecular weight excluding hydrogens is 373 g/mol. The fourth-order valence-corrected chi connectivity index (χ4v) is 3.75. The molecule has 1 N–H and O–H groups in total. The molecule has 0 aliphatic heterocycles. The Morgan fingerprint density at radius 3 is 2.33 bits per heavy atom. The minimum absolute atomic E-state index is 0.135. The lowest BCUT2D eigenvalue weighted by atomic mass is 9.98. The lowest BCUT2D eigenvalue weighted by Gasteiger charge is -2.28. The largest absolute Gasteiger partial charge is 0.480 e. The van der Waals surface area contributed by atoms with Gasteiger partial charge in [-0.25, -0.2) is 12.8 Å². The van der Waals surface area contributed by atoms with Gasteiger partial charge in [-0.1, -0.05) is 37.3 Å². The smallest absolute Gasteiger partial charge is 0.324 e. The zero-order chi connectivity index (χ0) is 20.4. The van der Waals surface area contributed by atoms with Crippen molar-refractivity contribution in [2.75, 3.05) is 6.26 Å². The van der Waals surface area contributed by atoms with Crippen LogP contribution in [0.5, 0.6) is 0 Å². The molecule has 0 fully saturated rings. The van der Waals surface area contributed by atoms with Gasteiger partial charge in [-0.3, -0.25) is 9.59 Å². The molecule has 1 unspecified atom stereocenters. The highest BCUT2D eigenvalue weighted by atomic mass is 32.2. The first-order valence-electron chi connectivity index (χ1n) is 8.42. The van der Waals surface area contributed by atoms with Gasteiger partial charge in [-0.15, -0.1) is 0 Å². The van der Waals surface area contributed by atoms with Gasteiger partial charge < -0.3 is 9.67 Å². The average molecular weight is 395 g/mol. The van der Waals surface area contributed by atoms with Gasteiger partial charge in [0.1, 0.15) is 0 Å². The van der Waals surface area contributed by atoms with E-state index in [1.807, 2.05) is 0 Å². The first-order chi connectivity index (χ1) is 12.5. The molecule has 146 valence electrons. The van der Waals surface area contributed by atoms with Gasteiger partial charge in [-0.2, -0.15) is 0 Å². The van der Waals surface area contributed by atoms with Crippen molar-refractivity contribution in [2.45, 2.75) is 37.5 Å². The molecule has 0 saturated heterocycles. The summed E-state index contributed by atoms with van der Waals surface area (Å²) in [5.41, 5.74) is -0.237. The predicted octanol–water partition coefficient (Wildman–Crippen LogP) is 2.88. The number of hydrogen-bond acceptors (Lipinski definition) is 4. The molecule has 1 aromatic heterocycles. The van der Waals surface area contributed by atoms with E-state index in [1.165, 1.54) is 12.3 Å². The maximum Gasteiger partial charge on any atom is 0.324 e. The molecule has 0 aliphatic rings. The van der Waals surface area contributed by atoms with Crippen LogP contribution in [0.15, 0.2) is 47.4 Å². The second-order valence-electron chi connectivity index (χ2n) is 6.70. The second-order valence-corrected chi connectivity index (χ2v) is 9.14. The number of aliphatic carboxylic acids is 1. The van der Waals surface area contributed by atoms with E-state index in [-0.39, 0.29) is 18.4 Å². The molecule has 0 saturated carbocycles. The number of halogens is 1. The number of carboxylic acids is 1. The second kappa shape index (κ2) is 7.64. The summed E-state index contributed by atoms with van der Waals surface area (Å²) >= 11 is 0. The third kappa shape index (κ3) is 3.95. The lowest BCUT2D eigenvalue weighted by molar-refractivity contribution is -0.140. The Kier molecular flexibility index (Phi) is 5.89. The van der Waals surface area contributed by atoms with E-state index in [0.29, 0.717) is 5.56 Å². The summed E-state index contributed by atoms with van der Waals surface area (Å²) in [6.07, 6.45) is 2.15. The summed E-state index contributed by atoms with van der Waals surface area (Å²) < 4.78 is 37.8. The molecule has 1 aromatic carbocycles. The third-order valence-electron chi connectivity index (χ3n) is 4.91. The summed E-state index contributed by atoms with van der Waals surface area (Å²) in [7, 11) is -3.96. The van der Waals surface area contributed by atoms with Crippen molar-refractivity contribution in [3.8, 4) is 11.1 Å². The van der Waals surface area contributed by atoms with Crippen molar-refractivity contribution in [1.82, 2.24) is 4.57 Å². The van der Waals surface area contributed by atoms with E-state index in [0.717, 1.165) is 17.7 Å². The quantitative estimate of drug-likeness (QED) is 0.778. The standard InChI is InChI=1S/C19H22FNO5S/c1-4-14(12-19(2,18(23)24)27(3,25)26)21-11-10-15(16(20)17(21)22)13-8-6-5-7-9-13/h5-11,14H,4,12H2,1-3H3,(H,23,24)/t14?,19-/m1/s1.